The normalized spacial score (nSPS) is 33.3. The van der Waals surface area contributed by atoms with E-state index >= 15 is 9.59 Å². The number of ketones is 2. The molecule has 93 heavy (non-hydrogen) atoms. The predicted molar refractivity (Wildman–Crippen MR) is 379 cm³/mol. The molecular formula is C79H112O11Si3. The molecule has 18 atom stereocenters. The van der Waals surface area contributed by atoms with Gasteiger partial charge in [-0.15, -0.1) is 0 Å². The number of fused-ring (bicyclic) bond motifs is 7. The lowest BCUT2D eigenvalue weighted by Crippen LogP contribution is -2.73. The van der Waals surface area contributed by atoms with Crippen LogP contribution in [0.2, 0.25) is 28.2 Å². The molecule has 7 heterocycles. The van der Waals surface area contributed by atoms with Gasteiger partial charge in [0, 0.05) is 38.7 Å². The van der Waals surface area contributed by atoms with Gasteiger partial charge in [0.15, 0.2) is 8.32 Å². The third-order valence-corrected chi connectivity index (χ3v) is 37.7. The van der Waals surface area contributed by atoms with Crippen LogP contribution in [0, 0.1) is 23.7 Å². The summed E-state index contributed by atoms with van der Waals surface area (Å²) in [6.07, 6.45) is 1.97. The van der Waals surface area contributed by atoms with Crippen molar-refractivity contribution in [2.45, 2.75) is 280 Å². The van der Waals surface area contributed by atoms with E-state index in [1.807, 2.05) is 0 Å². The molecule has 4 aromatic rings. The molecule has 7 aliphatic rings. The monoisotopic (exact) mass is 1320 g/mol. The van der Waals surface area contributed by atoms with Crippen molar-refractivity contribution in [1.82, 2.24) is 0 Å². The van der Waals surface area contributed by atoms with Gasteiger partial charge in [-0.3, -0.25) is 9.59 Å². The number of carbonyl (C=O) groups excluding carboxylic acids is 2. The van der Waals surface area contributed by atoms with Crippen LogP contribution in [0.5, 0.6) is 0 Å². The van der Waals surface area contributed by atoms with Crippen molar-refractivity contribution in [3.05, 3.63) is 146 Å². The zero-order valence-corrected chi connectivity index (χ0v) is 61.7. The fourth-order valence-electron chi connectivity index (χ4n) is 16.9. The lowest BCUT2D eigenvalue weighted by Gasteiger charge is -2.53. The summed E-state index contributed by atoms with van der Waals surface area (Å²) in [6, 6.07) is 43.0. The molecule has 0 radical (unpaired) electrons. The minimum Gasteiger partial charge on any atom is -0.417 e. The Kier molecular flexibility index (Phi) is 21.5. The van der Waals surface area contributed by atoms with Crippen molar-refractivity contribution in [3.8, 4) is 0 Å². The van der Waals surface area contributed by atoms with E-state index in [2.05, 4.69) is 231 Å². The van der Waals surface area contributed by atoms with E-state index in [-0.39, 0.29) is 89.7 Å². The van der Waals surface area contributed by atoms with Gasteiger partial charge in [0.1, 0.15) is 42.1 Å². The first kappa shape index (κ1) is 70.3. The third kappa shape index (κ3) is 14.8. The second-order valence-electron chi connectivity index (χ2n) is 32.8. The van der Waals surface area contributed by atoms with Gasteiger partial charge in [-0.1, -0.05) is 218 Å². The first-order valence-corrected chi connectivity index (χ1v) is 42.3. The van der Waals surface area contributed by atoms with Crippen LogP contribution in [0.15, 0.2) is 146 Å². The highest BCUT2D eigenvalue weighted by atomic mass is 28.4. The van der Waals surface area contributed by atoms with Gasteiger partial charge in [0.05, 0.1) is 54.9 Å². The summed E-state index contributed by atoms with van der Waals surface area (Å²) >= 11 is 0. The summed E-state index contributed by atoms with van der Waals surface area (Å²) in [4.78, 5) is 30.5. The molecule has 8 bridgehead atoms. The lowest BCUT2D eigenvalue weighted by atomic mass is 9.78. The summed E-state index contributed by atoms with van der Waals surface area (Å²) in [5.74, 6) is 0.861. The zero-order valence-electron chi connectivity index (χ0n) is 58.7. The number of Topliss-reactive ketones (excluding diaryl/α,β-unsaturated/α-hetero) is 2. The van der Waals surface area contributed by atoms with Gasteiger partial charge in [-0.25, -0.2) is 0 Å². The van der Waals surface area contributed by atoms with Crippen molar-refractivity contribution in [2.24, 2.45) is 23.7 Å². The van der Waals surface area contributed by atoms with Crippen LogP contribution in [0.1, 0.15) is 167 Å². The smallest absolute Gasteiger partial charge is 0.261 e. The number of hydrogen-bond donors (Lipinski definition) is 0. The number of rotatable bonds is 13. The molecule has 4 unspecified atom stereocenters. The summed E-state index contributed by atoms with van der Waals surface area (Å²) < 4.78 is 67.8. The highest BCUT2D eigenvalue weighted by molar-refractivity contribution is 7.00. The van der Waals surface area contributed by atoms with E-state index in [1.165, 1.54) is 0 Å². The maximum atomic E-state index is 15.4. The molecule has 0 aliphatic carbocycles. The maximum Gasteiger partial charge on any atom is 0.261 e. The van der Waals surface area contributed by atoms with Gasteiger partial charge in [0.25, 0.3) is 16.6 Å². The Bertz CT molecular complexity index is 3100. The molecule has 0 amide bonds. The predicted octanol–water partition coefficient (Wildman–Crippen LogP) is 14.4. The Balaban J connectivity index is 0.991. The van der Waals surface area contributed by atoms with Gasteiger partial charge in [0.2, 0.25) is 0 Å². The Hall–Kier alpha value is -4.01. The summed E-state index contributed by atoms with van der Waals surface area (Å²) in [5, 5.41) is 3.84. The minimum absolute atomic E-state index is 0.00878. The van der Waals surface area contributed by atoms with Crippen LogP contribution in [0.3, 0.4) is 0 Å². The van der Waals surface area contributed by atoms with Gasteiger partial charge in [-0.2, -0.15) is 0 Å². The molecule has 14 heteroatoms. The Morgan fingerprint density at radius 3 is 1.56 bits per heavy atom. The van der Waals surface area contributed by atoms with Gasteiger partial charge in [-0.05, 0) is 135 Å². The number of ether oxygens (including phenoxy) is 6. The van der Waals surface area contributed by atoms with E-state index < -0.39 is 83.9 Å². The molecule has 506 valence electrons. The van der Waals surface area contributed by atoms with Crippen LogP contribution >= 0.6 is 0 Å². The number of hydrogen-bond acceptors (Lipinski definition) is 11. The number of carbonyl (C=O) groups is 2. The van der Waals surface area contributed by atoms with Gasteiger partial charge >= 0.3 is 0 Å². The topological polar surface area (TPSA) is 117 Å². The Morgan fingerprint density at radius 1 is 0.505 bits per heavy atom. The van der Waals surface area contributed by atoms with E-state index in [1.54, 1.807) is 0 Å². The first-order valence-electron chi connectivity index (χ1n) is 35.6. The van der Waals surface area contributed by atoms with Crippen molar-refractivity contribution in [3.63, 3.8) is 0 Å². The second-order valence-corrected chi connectivity index (χ2v) is 46.1. The summed E-state index contributed by atoms with van der Waals surface area (Å²) in [7, 11) is -8.68. The minimum atomic E-state index is -3.37. The Labute approximate surface area is 561 Å². The lowest BCUT2D eigenvalue weighted by molar-refractivity contribution is -0.254. The van der Waals surface area contributed by atoms with Crippen LogP contribution in [0.25, 0.3) is 0 Å². The van der Waals surface area contributed by atoms with E-state index in [4.69, 9.17) is 41.7 Å². The highest BCUT2D eigenvalue weighted by Gasteiger charge is 2.65. The molecule has 7 aliphatic heterocycles. The first-order chi connectivity index (χ1) is 44.1. The molecule has 7 fully saturated rings. The molecule has 11 rings (SSSR count). The fourth-order valence-corrected chi connectivity index (χ4v) is 27.4. The zero-order chi connectivity index (χ0) is 66.4. The van der Waals surface area contributed by atoms with Crippen molar-refractivity contribution in [2.75, 3.05) is 6.61 Å². The molecule has 0 spiro atoms. The highest BCUT2D eigenvalue weighted by Crippen LogP contribution is 2.50. The fraction of sp³-hybridized carbons (Fsp3) is 0.620. The van der Waals surface area contributed by atoms with Crippen LogP contribution in [-0.4, -0.2) is 129 Å². The molecule has 0 aromatic heterocycles. The second kappa shape index (κ2) is 28.4. The molecule has 4 aromatic carbocycles. The average Bonchev–Trinajstić information content (AvgIpc) is 1.29. The van der Waals surface area contributed by atoms with Crippen molar-refractivity contribution < 1.29 is 51.3 Å². The summed E-state index contributed by atoms with van der Waals surface area (Å²) in [6.45, 7) is 42.2. The molecule has 0 saturated carbocycles. The SMILES string of the molecule is C=C1CC2CCC(=O)C[C@H]3O[C@H]4[C@@H](O[Si](c5ccccc5)(c5ccccc5)C(C)(C)C)[C@H]5O[C@H](CC[C@@H]5O[C@H]4[C@H]3O[Si](c3ccccc3)(c3ccccc3)C(C)(C)C)CC(=O)CC3[C@H](CC4O[C@@H](CCC1O2)C[C@@H](C)C4=C)O[C@H](C[C@H](C)CO[Si](C)(C)C(C)(C)C)[C@@H]3C. The van der Waals surface area contributed by atoms with Crippen molar-refractivity contribution in [1.29, 1.82) is 0 Å². The van der Waals surface area contributed by atoms with E-state index in [9.17, 15) is 0 Å². The van der Waals surface area contributed by atoms with Crippen LogP contribution in [-0.2, 0) is 51.3 Å². The summed E-state index contributed by atoms with van der Waals surface area (Å²) in [5.41, 5.74) is 2.18. The average molecular weight is 1320 g/mol. The molecule has 11 nitrogen and oxygen atoms in total. The van der Waals surface area contributed by atoms with Crippen molar-refractivity contribution >= 4 is 57.3 Å². The van der Waals surface area contributed by atoms with Crippen LogP contribution in [0.4, 0.5) is 0 Å². The largest absolute Gasteiger partial charge is 0.417 e. The number of benzene rings is 4. The third-order valence-electron chi connectivity index (χ3n) is 23.1. The molecule has 0 N–H and O–H groups in total. The quantitative estimate of drug-likeness (QED) is 0.0941. The van der Waals surface area contributed by atoms with E-state index in [0.717, 1.165) is 57.6 Å². The Morgan fingerprint density at radius 2 is 1.01 bits per heavy atom. The maximum absolute atomic E-state index is 15.4. The molecular weight excluding hydrogens is 1210 g/mol. The van der Waals surface area contributed by atoms with E-state index in [0.29, 0.717) is 51.6 Å². The molecule has 7 saturated heterocycles. The van der Waals surface area contributed by atoms with Crippen LogP contribution < -0.4 is 20.7 Å². The van der Waals surface area contributed by atoms with Gasteiger partial charge < -0.3 is 41.7 Å². The standard InChI is InChI=1S/C79H112O11Si3/c1-51(50-82-91(15,16)77(6,7)8)43-68-55(5)65-47-57(81)46-60-40-42-67-72(85-60)76(90-93(79(12,13)14,63-33-25-19-26-34-63)64-35-27-20-28-36-64)75-74(87-67)73(89-92(78(9,10)11,61-29-21-17-22-30-61)62-31-23-18-24-32-62)71(88-75)48-56(80)37-38-58-45-53(3)66(83-58)41-39-59-44-52(2)54(4)69(84-59)49-70(65)86-68/h17-36,51-52,55,58-60,65-76H,3-4,37-50H2,1-2,5-16H3/t51-,52+,55+,58?,59-,60+,65?,66?,67-,68+,69?,70-,71+,72-,73-,74-,75+,76-/m0/s1.